The summed E-state index contributed by atoms with van der Waals surface area (Å²) in [5, 5.41) is 30.1. The summed E-state index contributed by atoms with van der Waals surface area (Å²) in [6, 6.07) is 31.1. The normalized spacial score (nSPS) is 14.7. The summed E-state index contributed by atoms with van der Waals surface area (Å²) in [5.74, 6) is -4.89. The fourth-order valence-electron chi connectivity index (χ4n) is 6.96. The predicted molar refractivity (Wildman–Crippen MR) is 231 cm³/mol. The lowest BCUT2D eigenvalue weighted by Crippen LogP contribution is -2.45. The average molecular weight is 874 g/mol. The van der Waals surface area contributed by atoms with Gasteiger partial charge in [0.05, 0.1) is 59.8 Å². The molecule has 0 aliphatic carbocycles. The molecule has 0 spiro atoms. The molecular weight excluding hydrogens is 827 g/mol. The Morgan fingerprint density at radius 2 is 0.641 bits per heavy atom. The van der Waals surface area contributed by atoms with Gasteiger partial charge in [0, 0.05) is 39.3 Å². The average Bonchev–Trinajstić information content (AvgIpc) is 3.31. The minimum absolute atomic E-state index is 0.0276. The Kier molecular flexibility index (Phi) is 16.2. The Morgan fingerprint density at radius 3 is 0.969 bits per heavy atom. The van der Waals surface area contributed by atoms with E-state index >= 15 is 0 Å². The Balaban J connectivity index is 1.38. The fourth-order valence-corrected chi connectivity index (χ4v) is 6.96. The first kappa shape index (κ1) is 46.0. The van der Waals surface area contributed by atoms with Gasteiger partial charge in [-0.2, -0.15) is 0 Å². The highest BCUT2D eigenvalue weighted by Gasteiger charge is 2.28. The van der Waals surface area contributed by atoms with Crippen molar-refractivity contribution >= 4 is 35.6 Å². The number of benzene rings is 5. The Hall–Kier alpha value is -7.56. The van der Waals surface area contributed by atoms with Crippen LogP contribution >= 0.6 is 0 Å². The quantitative estimate of drug-likeness (QED) is 0.187. The van der Waals surface area contributed by atoms with Crippen LogP contribution in [0.25, 0.3) is 0 Å². The lowest BCUT2D eigenvalue weighted by molar-refractivity contribution is 0.0273. The summed E-state index contributed by atoms with van der Waals surface area (Å²) >= 11 is 0. The van der Waals surface area contributed by atoms with Crippen LogP contribution in [-0.4, -0.2) is 131 Å². The summed E-state index contributed by atoms with van der Waals surface area (Å²) in [7, 11) is 0. The number of carboxylic acid groups (broad SMARTS) is 3. The molecule has 332 valence electrons. The molecule has 0 unspecified atom stereocenters. The molecule has 4 heterocycles. The van der Waals surface area contributed by atoms with Crippen LogP contribution in [0.15, 0.2) is 121 Å². The van der Waals surface area contributed by atoms with Gasteiger partial charge in [-0.1, -0.05) is 60.7 Å². The van der Waals surface area contributed by atoms with Crippen LogP contribution in [0.4, 0.5) is 0 Å². The molecule has 16 nitrogen and oxygen atoms in total. The van der Waals surface area contributed by atoms with E-state index in [-0.39, 0.29) is 85.9 Å². The number of carbonyl (C=O) groups is 6. The van der Waals surface area contributed by atoms with Gasteiger partial charge in [0.2, 0.25) is 0 Å². The molecule has 5 aromatic rings. The molecule has 9 rings (SSSR count). The predicted octanol–water partition coefficient (Wildman–Crippen LogP) is 5.71. The van der Waals surface area contributed by atoms with E-state index in [1.807, 2.05) is 0 Å². The summed E-state index contributed by atoms with van der Waals surface area (Å²) in [6.07, 6.45) is 0. The molecule has 0 atom stereocenters. The van der Waals surface area contributed by atoms with Crippen LogP contribution in [-0.2, 0) is 22.6 Å². The molecule has 5 aromatic carbocycles. The molecule has 3 N–H and O–H groups in total. The summed E-state index contributed by atoms with van der Waals surface area (Å²) in [4.78, 5) is 84.2. The fraction of sp³-hybridized carbons (Fsp3) is 0.250. The van der Waals surface area contributed by atoms with E-state index in [1.54, 1.807) is 60.7 Å². The highest BCUT2D eigenvalue weighted by Crippen LogP contribution is 2.21. The van der Waals surface area contributed by atoms with Crippen molar-refractivity contribution < 1.29 is 63.0 Å². The zero-order valence-electron chi connectivity index (χ0n) is 34.8. The Bertz CT molecular complexity index is 2300. The zero-order valence-corrected chi connectivity index (χ0v) is 34.8. The van der Waals surface area contributed by atoms with E-state index in [0.29, 0.717) is 49.1 Å². The van der Waals surface area contributed by atoms with Gasteiger partial charge in [0.1, 0.15) is 24.7 Å². The first-order valence-corrected chi connectivity index (χ1v) is 20.4. The van der Waals surface area contributed by atoms with Gasteiger partial charge in [-0.3, -0.25) is 14.4 Å². The largest absolute Gasteiger partial charge is 0.491 e. The van der Waals surface area contributed by atoms with Crippen LogP contribution in [0.3, 0.4) is 0 Å². The minimum Gasteiger partial charge on any atom is -0.491 e. The molecule has 4 bridgehead atoms. The van der Waals surface area contributed by atoms with Gasteiger partial charge in [0.15, 0.2) is 0 Å². The molecule has 3 amide bonds. The van der Waals surface area contributed by atoms with Gasteiger partial charge in [-0.05, 0) is 71.8 Å². The van der Waals surface area contributed by atoms with E-state index in [9.17, 15) is 44.1 Å². The van der Waals surface area contributed by atoms with Gasteiger partial charge in [-0.15, -0.1) is 0 Å². The number of aromatic carboxylic acids is 3. The number of nitrogens with zero attached hydrogens (tertiary/aromatic N) is 3. The Morgan fingerprint density at radius 1 is 0.359 bits per heavy atom. The number of ether oxygens (including phenoxy) is 4. The highest BCUT2D eigenvalue weighted by atomic mass is 16.6. The standard InChI is InChI=1S/C48H47N3O13/c52-43(37-7-1-4-10-40(37)46(55)56)49-21-23-50(44(53)38-8-2-5-11-41(38)47(57)58)31-33-13-17-35(18-14-33)63-29-27-61-25-26-62-28-30-64-36-19-15-34(16-20-36)32-51(24-22-49)45(54)39-9-3-6-12-42(39)48(59)60/h1-20H,21-32H2,(H,55,56)(H,57,58)(H,59,60). The van der Waals surface area contributed by atoms with Crippen LogP contribution in [0.1, 0.15) is 73.3 Å². The third kappa shape index (κ3) is 12.3. The van der Waals surface area contributed by atoms with E-state index in [1.165, 1.54) is 75.4 Å². The highest BCUT2D eigenvalue weighted by molar-refractivity contribution is 6.06. The number of carboxylic acids is 3. The van der Waals surface area contributed by atoms with E-state index in [4.69, 9.17) is 18.9 Å². The summed E-state index contributed by atoms with van der Waals surface area (Å²) in [6.45, 7) is 1.05. The first-order chi connectivity index (χ1) is 31.0. The maximum absolute atomic E-state index is 14.5. The van der Waals surface area contributed by atoms with Crippen LogP contribution in [0.2, 0.25) is 0 Å². The maximum atomic E-state index is 14.5. The molecule has 4 aliphatic rings. The van der Waals surface area contributed by atoms with E-state index in [2.05, 4.69) is 0 Å². The molecule has 0 saturated heterocycles. The van der Waals surface area contributed by atoms with Crippen molar-refractivity contribution in [2.75, 3.05) is 65.8 Å². The molecular formula is C48H47N3O13. The molecule has 16 heteroatoms. The second kappa shape index (κ2) is 22.5. The molecule has 0 aromatic heterocycles. The topological polar surface area (TPSA) is 210 Å². The van der Waals surface area contributed by atoms with Crippen molar-refractivity contribution in [3.05, 3.63) is 166 Å². The van der Waals surface area contributed by atoms with E-state index < -0.39 is 35.6 Å². The van der Waals surface area contributed by atoms with Crippen molar-refractivity contribution in [2.24, 2.45) is 0 Å². The molecule has 0 saturated carbocycles. The van der Waals surface area contributed by atoms with Crippen molar-refractivity contribution in [1.82, 2.24) is 14.7 Å². The number of amides is 3. The molecule has 4 aliphatic heterocycles. The lowest BCUT2D eigenvalue weighted by atomic mass is 10.0. The van der Waals surface area contributed by atoms with Crippen LogP contribution in [0.5, 0.6) is 11.5 Å². The zero-order chi connectivity index (χ0) is 45.4. The van der Waals surface area contributed by atoms with Gasteiger partial charge in [-0.25, -0.2) is 14.4 Å². The van der Waals surface area contributed by atoms with E-state index in [0.717, 1.165) is 0 Å². The third-order valence-corrected chi connectivity index (χ3v) is 10.3. The number of hydrogen-bond donors (Lipinski definition) is 3. The van der Waals surface area contributed by atoms with Gasteiger partial charge >= 0.3 is 17.9 Å². The second-order valence-corrected chi connectivity index (χ2v) is 14.5. The number of rotatable bonds is 6. The van der Waals surface area contributed by atoms with Crippen molar-refractivity contribution in [3.8, 4) is 11.5 Å². The second-order valence-electron chi connectivity index (χ2n) is 14.5. The summed E-state index contributed by atoms with van der Waals surface area (Å²) < 4.78 is 22.9. The number of hydrogen-bond acceptors (Lipinski definition) is 10. The van der Waals surface area contributed by atoms with Gasteiger partial charge in [0.25, 0.3) is 17.7 Å². The van der Waals surface area contributed by atoms with Crippen molar-refractivity contribution in [2.45, 2.75) is 13.1 Å². The third-order valence-electron chi connectivity index (χ3n) is 10.3. The van der Waals surface area contributed by atoms with Gasteiger partial charge < -0.3 is 49.0 Å². The van der Waals surface area contributed by atoms with Crippen LogP contribution < -0.4 is 9.47 Å². The smallest absolute Gasteiger partial charge is 0.336 e. The lowest BCUT2D eigenvalue weighted by Gasteiger charge is -2.31. The number of carbonyl (C=O) groups excluding carboxylic acids is 3. The monoisotopic (exact) mass is 873 g/mol. The first-order valence-electron chi connectivity index (χ1n) is 20.4. The molecule has 64 heavy (non-hydrogen) atoms. The SMILES string of the molecule is O=C(O)c1ccccc1C(=O)N1CCN(C(=O)c2ccccc2C(=O)O)Cc2ccc(cc2)OCCOCCOCCOc2ccc(cc2)CN(C(=O)c2ccccc2C(=O)O)CC1. The summed E-state index contributed by atoms with van der Waals surface area (Å²) in [5.41, 5.74) is 0.259. The minimum atomic E-state index is -1.35. The Labute approximate surface area is 368 Å². The van der Waals surface area contributed by atoms with Crippen molar-refractivity contribution in [3.63, 3.8) is 0 Å². The van der Waals surface area contributed by atoms with Crippen LogP contribution in [0, 0.1) is 0 Å². The molecule has 0 fully saturated rings. The van der Waals surface area contributed by atoms with Crippen molar-refractivity contribution in [1.29, 1.82) is 0 Å². The molecule has 0 radical (unpaired) electrons. The maximum Gasteiger partial charge on any atom is 0.336 e.